The Morgan fingerprint density at radius 2 is 1.82 bits per heavy atom. The molecule has 0 N–H and O–H groups in total. The van der Waals surface area contributed by atoms with Crippen molar-refractivity contribution in [1.82, 2.24) is 9.78 Å². The molecule has 1 heterocycles. The molecule has 1 aromatic rings. The molecule has 96 valence electrons. The van der Waals surface area contributed by atoms with Crippen molar-refractivity contribution in [2.45, 2.75) is 66.3 Å². The molecule has 2 nitrogen and oxygen atoms in total. The first-order valence-electron chi connectivity index (χ1n) is 6.76. The molecule has 2 heteroatoms. The minimum atomic E-state index is 0.106. The maximum atomic E-state index is 4.80. The fraction of sp³-hybridized carbons (Fsp3) is 0.800. The van der Waals surface area contributed by atoms with E-state index in [1.54, 1.807) is 0 Å². The largest absolute Gasteiger partial charge is 0.267 e. The Hall–Kier alpha value is -0.790. The monoisotopic (exact) mass is 234 g/mol. The van der Waals surface area contributed by atoms with Gasteiger partial charge >= 0.3 is 0 Å². The van der Waals surface area contributed by atoms with Gasteiger partial charge in [0.2, 0.25) is 0 Å². The van der Waals surface area contributed by atoms with E-state index < -0.39 is 0 Å². The fourth-order valence-corrected chi connectivity index (χ4v) is 2.57. The highest BCUT2D eigenvalue weighted by molar-refractivity contribution is 5.22. The summed E-state index contributed by atoms with van der Waals surface area (Å²) in [5, 5.41) is 4.80. The summed E-state index contributed by atoms with van der Waals surface area (Å²) >= 11 is 0. The van der Waals surface area contributed by atoms with E-state index in [1.165, 1.54) is 24.1 Å². The van der Waals surface area contributed by atoms with Gasteiger partial charge in [-0.1, -0.05) is 20.8 Å². The molecule has 1 aliphatic rings. The van der Waals surface area contributed by atoms with Crippen LogP contribution >= 0.6 is 0 Å². The maximum Gasteiger partial charge on any atom is 0.0659 e. The lowest BCUT2D eigenvalue weighted by molar-refractivity contribution is 0.214. The van der Waals surface area contributed by atoms with Crippen LogP contribution in [0.4, 0.5) is 0 Å². The number of hydrogen-bond donors (Lipinski definition) is 0. The van der Waals surface area contributed by atoms with Crippen LogP contribution in [0.3, 0.4) is 0 Å². The summed E-state index contributed by atoms with van der Waals surface area (Å²) in [4.78, 5) is 0. The topological polar surface area (TPSA) is 17.8 Å². The Kier molecular flexibility index (Phi) is 2.87. The van der Waals surface area contributed by atoms with Gasteiger partial charge in [0, 0.05) is 6.20 Å². The standard InChI is InChI=1S/C15H26N2/c1-14(2,3)12-8-7-11-10-17(15(4,5)6)16-13(11)9-12/h10,12H,7-9H2,1-6H3. The molecule has 1 aromatic heterocycles. The molecule has 2 rings (SSSR count). The molecule has 0 amide bonds. The van der Waals surface area contributed by atoms with Gasteiger partial charge < -0.3 is 0 Å². The molecule has 0 spiro atoms. The maximum absolute atomic E-state index is 4.80. The number of rotatable bonds is 0. The lowest BCUT2D eigenvalue weighted by Crippen LogP contribution is -2.27. The molecular formula is C15H26N2. The minimum Gasteiger partial charge on any atom is -0.267 e. The van der Waals surface area contributed by atoms with E-state index in [4.69, 9.17) is 5.10 Å². The third-order valence-corrected chi connectivity index (χ3v) is 3.99. The van der Waals surface area contributed by atoms with Crippen molar-refractivity contribution in [2.75, 3.05) is 0 Å². The first-order valence-corrected chi connectivity index (χ1v) is 6.76. The molecule has 1 atom stereocenters. The van der Waals surface area contributed by atoms with E-state index in [9.17, 15) is 0 Å². The van der Waals surface area contributed by atoms with E-state index in [2.05, 4.69) is 52.4 Å². The second kappa shape index (κ2) is 3.86. The predicted molar refractivity (Wildman–Crippen MR) is 72.2 cm³/mol. The van der Waals surface area contributed by atoms with Gasteiger partial charge in [0.25, 0.3) is 0 Å². The van der Waals surface area contributed by atoms with Crippen molar-refractivity contribution in [3.05, 3.63) is 17.5 Å². The first-order chi connectivity index (χ1) is 7.68. The van der Waals surface area contributed by atoms with Crippen molar-refractivity contribution in [1.29, 1.82) is 0 Å². The van der Waals surface area contributed by atoms with Crippen LogP contribution in [0.5, 0.6) is 0 Å². The number of fused-ring (bicyclic) bond motifs is 1. The smallest absolute Gasteiger partial charge is 0.0659 e. The molecule has 17 heavy (non-hydrogen) atoms. The summed E-state index contributed by atoms with van der Waals surface area (Å²) in [6, 6.07) is 0. The number of nitrogens with zero attached hydrogens (tertiary/aromatic N) is 2. The molecule has 0 bridgehead atoms. The summed E-state index contributed by atoms with van der Waals surface area (Å²) in [6.45, 7) is 13.7. The number of aryl methyl sites for hydroxylation is 1. The van der Waals surface area contributed by atoms with Gasteiger partial charge in [-0.3, -0.25) is 4.68 Å². The highest BCUT2D eigenvalue weighted by Gasteiger charge is 2.31. The van der Waals surface area contributed by atoms with Gasteiger partial charge in [0.15, 0.2) is 0 Å². The number of hydrogen-bond acceptors (Lipinski definition) is 1. The Morgan fingerprint density at radius 1 is 1.18 bits per heavy atom. The van der Waals surface area contributed by atoms with Gasteiger partial charge in [0.05, 0.1) is 11.2 Å². The minimum absolute atomic E-state index is 0.106. The molecule has 0 saturated heterocycles. The van der Waals surface area contributed by atoms with E-state index in [0.717, 1.165) is 12.3 Å². The molecular weight excluding hydrogens is 208 g/mol. The van der Waals surface area contributed by atoms with E-state index in [0.29, 0.717) is 5.41 Å². The molecule has 0 aliphatic heterocycles. The average Bonchev–Trinajstić information content (AvgIpc) is 2.57. The highest BCUT2D eigenvalue weighted by atomic mass is 15.3. The SMILES string of the molecule is CC(C)(C)C1CCc2cn(C(C)(C)C)nc2C1. The average molecular weight is 234 g/mol. The summed E-state index contributed by atoms with van der Waals surface area (Å²) in [6.07, 6.45) is 5.93. The van der Waals surface area contributed by atoms with Gasteiger partial charge in [0.1, 0.15) is 0 Å². The Morgan fingerprint density at radius 3 is 2.35 bits per heavy atom. The van der Waals surface area contributed by atoms with Gasteiger partial charge in [-0.05, 0) is 56.9 Å². The van der Waals surface area contributed by atoms with Crippen LogP contribution in [-0.4, -0.2) is 9.78 Å². The fourth-order valence-electron chi connectivity index (χ4n) is 2.57. The second-order valence-electron chi connectivity index (χ2n) is 7.52. The van der Waals surface area contributed by atoms with Crippen LogP contribution in [0.1, 0.15) is 59.2 Å². The van der Waals surface area contributed by atoms with E-state index in [1.807, 2.05) is 0 Å². The molecule has 0 fully saturated rings. The van der Waals surface area contributed by atoms with Crippen LogP contribution in [0.25, 0.3) is 0 Å². The van der Waals surface area contributed by atoms with Crippen molar-refractivity contribution in [3.8, 4) is 0 Å². The normalized spacial score (nSPS) is 21.4. The lowest BCUT2D eigenvalue weighted by Gasteiger charge is -2.33. The lowest BCUT2D eigenvalue weighted by atomic mass is 9.72. The van der Waals surface area contributed by atoms with Crippen LogP contribution in [0.15, 0.2) is 6.20 Å². The highest BCUT2D eigenvalue weighted by Crippen LogP contribution is 2.37. The molecule has 1 aliphatic carbocycles. The Labute approximate surface area is 105 Å². The van der Waals surface area contributed by atoms with Crippen LogP contribution in [0, 0.1) is 11.3 Å². The third kappa shape index (κ3) is 2.56. The van der Waals surface area contributed by atoms with Crippen LogP contribution in [-0.2, 0) is 18.4 Å². The predicted octanol–water partition coefficient (Wildman–Crippen LogP) is 3.79. The zero-order chi connectivity index (χ0) is 12.8. The summed E-state index contributed by atoms with van der Waals surface area (Å²) in [5.41, 5.74) is 3.32. The van der Waals surface area contributed by atoms with Crippen molar-refractivity contribution in [2.24, 2.45) is 11.3 Å². The Bertz CT molecular complexity index is 402. The summed E-state index contributed by atoms with van der Waals surface area (Å²) in [7, 11) is 0. The third-order valence-electron chi connectivity index (χ3n) is 3.99. The van der Waals surface area contributed by atoms with Crippen LogP contribution in [0.2, 0.25) is 0 Å². The Balaban J connectivity index is 2.25. The molecule has 1 unspecified atom stereocenters. The summed E-state index contributed by atoms with van der Waals surface area (Å²) in [5.74, 6) is 0.776. The number of aromatic nitrogens is 2. The van der Waals surface area contributed by atoms with Crippen molar-refractivity contribution in [3.63, 3.8) is 0 Å². The first kappa shape index (κ1) is 12.7. The summed E-state index contributed by atoms with van der Waals surface area (Å²) < 4.78 is 2.14. The van der Waals surface area contributed by atoms with Crippen molar-refractivity contribution >= 4 is 0 Å². The van der Waals surface area contributed by atoms with E-state index >= 15 is 0 Å². The zero-order valence-corrected chi connectivity index (χ0v) is 12.2. The van der Waals surface area contributed by atoms with Gasteiger partial charge in [-0.25, -0.2) is 0 Å². The zero-order valence-electron chi connectivity index (χ0n) is 12.2. The molecule has 0 radical (unpaired) electrons. The van der Waals surface area contributed by atoms with Gasteiger partial charge in [-0.2, -0.15) is 5.10 Å². The second-order valence-corrected chi connectivity index (χ2v) is 7.52. The van der Waals surface area contributed by atoms with E-state index in [-0.39, 0.29) is 5.54 Å². The molecule has 0 aromatic carbocycles. The van der Waals surface area contributed by atoms with Gasteiger partial charge in [-0.15, -0.1) is 0 Å². The molecule has 0 saturated carbocycles. The van der Waals surface area contributed by atoms with Crippen molar-refractivity contribution < 1.29 is 0 Å². The quantitative estimate of drug-likeness (QED) is 0.668. The van der Waals surface area contributed by atoms with Crippen LogP contribution < -0.4 is 0 Å².